The van der Waals surface area contributed by atoms with Crippen LogP contribution in [0.1, 0.15) is 37.5 Å². The van der Waals surface area contributed by atoms with Crippen molar-refractivity contribution in [2.75, 3.05) is 0 Å². The topological polar surface area (TPSA) is 39.9 Å². The third-order valence-corrected chi connectivity index (χ3v) is 6.08. The Balaban J connectivity index is 1.38. The van der Waals surface area contributed by atoms with Crippen LogP contribution in [0.25, 0.3) is 5.69 Å². The Morgan fingerprint density at radius 3 is 2.23 bits per heavy atom. The highest BCUT2D eigenvalue weighted by Gasteiger charge is 2.13. The van der Waals surface area contributed by atoms with Crippen LogP contribution in [-0.2, 0) is 17.8 Å². The van der Waals surface area contributed by atoms with Crippen LogP contribution in [0.2, 0.25) is 0 Å². The zero-order valence-electron chi connectivity index (χ0n) is 18.2. The van der Waals surface area contributed by atoms with E-state index in [9.17, 15) is 0 Å². The molecule has 0 N–H and O–H groups in total. The Morgan fingerprint density at radius 1 is 0.839 bits per heavy atom. The van der Waals surface area contributed by atoms with Gasteiger partial charge in [0, 0.05) is 11.4 Å². The Hall–Kier alpha value is -3.05. The number of nitrogens with zero attached hydrogens (tertiary/aromatic N) is 3. The molecule has 3 aromatic carbocycles. The van der Waals surface area contributed by atoms with Gasteiger partial charge in [-0.3, -0.25) is 4.57 Å². The molecule has 0 atom stereocenters. The van der Waals surface area contributed by atoms with E-state index in [-0.39, 0.29) is 5.41 Å². The van der Waals surface area contributed by atoms with Crippen LogP contribution in [0.3, 0.4) is 0 Å². The van der Waals surface area contributed by atoms with E-state index in [1.807, 2.05) is 47.0 Å². The lowest BCUT2D eigenvalue weighted by atomic mass is 9.87. The van der Waals surface area contributed by atoms with E-state index in [1.54, 1.807) is 18.1 Å². The lowest BCUT2D eigenvalue weighted by molar-refractivity contribution is 0.306. The van der Waals surface area contributed by atoms with Crippen molar-refractivity contribution in [3.63, 3.8) is 0 Å². The molecule has 1 aromatic heterocycles. The van der Waals surface area contributed by atoms with E-state index < -0.39 is 0 Å². The predicted molar refractivity (Wildman–Crippen MR) is 127 cm³/mol. The fourth-order valence-corrected chi connectivity index (χ4v) is 4.08. The van der Waals surface area contributed by atoms with Crippen LogP contribution in [0.15, 0.2) is 90.3 Å². The van der Waals surface area contributed by atoms with Gasteiger partial charge in [0.1, 0.15) is 18.7 Å². The minimum absolute atomic E-state index is 0.169. The van der Waals surface area contributed by atoms with Gasteiger partial charge in [0.05, 0.1) is 0 Å². The van der Waals surface area contributed by atoms with E-state index >= 15 is 0 Å². The third-order valence-electron chi connectivity index (χ3n) is 5.07. The summed E-state index contributed by atoms with van der Waals surface area (Å²) >= 11 is 1.68. The Bertz CT molecular complexity index is 1100. The molecule has 158 valence electrons. The minimum Gasteiger partial charge on any atom is -0.489 e. The number of aromatic nitrogens is 3. The van der Waals surface area contributed by atoms with Crippen molar-refractivity contribution in [1.29, 1.82) is 0 Å². The molecule has 4 nitrogen and oxygen atoms in total. The molecule has 4 rings (SSSR count). The molecular weight excluding hydrogens is 402 g/mol. The molecular formula is C26H27N3OS. The second kappa shape index (κ2) is 9.40. The van der Waals surface area contributed by atoms with Gasteiger partial charge in [0.2, 0.25) is 0 Å². The molecule has 0 aliphatic carbocycles. The highest BCUT2D eigenvalue weighted by molar-refractivity contribution is 7.98. The maximum absolute atomic E-state index is 5.89. The minimum atomic E-state index is 0.169. The zero-order valence-corrected chi connectivity index (χ0v) is 19.0. The van der Waals surface area contributed by atoms with Gasteiger partial charge in [-0.2, -0.15) is 0 Å². The Kier molecular flexibility index (Phi) is 6.42. The fourth-order valence-electron chi connectivity index (χ4n) is 3.19. The Morgan fingerprint density at radius 2 is 1.55 bits per heavy atom. The van der Waals surface area contributed by atoms with E-state index in [4.69, 9.17) is 4.74 Å². The summed E-state index contributed by atoms with van der Waals surface area (Å²) in [6.07, 6.45) is 1.75. The van der Waals surface area contributed by atoms with E-state index in [2.05, 4.69) is 67.4 Å². The van der Waals surface area contributed by atoms with Crippen molar-refractivity contribution in [2.45, 2.75) is 43.7 Å². The first-order chi connectivity index (χ1) is 15.0. The second-order valence-corrected chi connectivity index (χ2v) is 9.43. The van der Waals surface area contributed by atoms with Gasteiger partial charge in [0.25, 0.3) is 0 Å². The molecule has 0 saturated heterocycles. The molecule has 4 aromatic rings. The largest absolute Gasteiger partial charge is 0.489 e. The van der Waals surface area contributed by atoms with Crippen LogP contribution in [0, 0.1) is 0 Å². The number of thioether (sulfide) groups is 1. The first kappa shape index (κ1) is 21.2. The molecule has 0 fully saturated rings. The first-order valence-electron chi connectivity index (χ1n) is 10.4. The van der Waals surface area contributed by atoms with Crippen LogP contribution < -0.4 is 4.74 Å². The fraction of sp³-hybridized carbons (Fsp3) is 0.231. The van der Waals surface area contributed by atoms with Gasteiger partial charge in [-0.1, -0.05) is 87.1 Å². The molecule has 0 saturated carbocycles. The van der Waals surface area contributed by atoms with Crippen molar-refractivity contribution >= 4 is 11.8 Å². The van der Waals surface area contributed by atoms with Crippen LogP contribution in [0.4, 0.5) is 0 Å². The SMILES string of the molecule is CC(C)(C)c1ccc(CSc2nncn2-c2ccc(OCc3ccccc3)cc2)cc1. The lowest BCUT2D eigenvalue weighted by Crippen LogP contribution is -2.10. The van der Waals surface area contributed by atoms with Gasteiger partial charge >= 0.3 is 0 Å². The van der Waals surface area contributed by atoms with Crippen molar-refractivity contribution in [3.05, 3.63) is 102 Å². The molecule has 31 heavy (non-hydrogen) atoms. The van der Waals surface area contributed by atoms with Gasteiger partial charge in [-0.05, 0) is 46.4 Å². The molecule has 0 spiro atoms. The molecule has 0 radical (unpaired) electrons. The highest BCUT2D eigenvalue weighted by Crippen LogP contribution is 2.27. The molecule has 0 aliphatic heterocycles. The summed E-state index contributed by atoms with van der Waals surface area (Å²) in [6, 6.07) is 27.0. The molecule has 0 amide bonds. The number of ether oxygens (including phenoxy) is 1. The first-order valence-corrected chi connectivity index (χ1v) is 11.4. The quantitative estimate of drug-likeness (QED) is 0.317. The van der Waals surface area contributed by atoms with Crippen LogP contribution >= 0.6 is 11.8 Å². The summed E-state index contributed by atoms with van der Waals surface area (Å²) in [5.41, 5.74) is 4.96. The van der Waals surface area contributed by atoms with Crippen LogP contribution in [0.5, 0.6) is 5.75 Å². The predicted octanol–water partition coefficient (Wildman–Crippen LogP) is 6.44. The van der Waals surface area contributed by atoms with Crippen molar-refractivity contribution in [1.82, 2.24) is 14.8 Å². The summed E-state index contributed by atoms with van der Waals surface area (Å²) < 4.78 is 7.90. The maximum Gasteiger partial charge on any atom is 0.195 e. The number of rotatable bonds is 7. The van der Waals surface area contributed by atoms with Gasteiger partial charge in [-0.15, -0.1) is 10.2 Å². The van der Waals surface area contributed by atoms with Crippen molar-refractivity contribution in [3.8, 4) is 11.4 Å². The highest BCUT2D eigenvalue weighted by atomic mass is 32.2. The monoisotopic (exact) mass is 429 g/mol. The van der Waals surface area contributed by atoms with E-state index in [0.717, 1.165) is 27.9 Å². The number of hydrogen-bond acceptors (Lipinski definition) is 4. The van der Waals surface area contributed by atoms with E-state index in [1.165, 1.54) is 11.1 Å². The number of benzene rings is 3. The molecule has 5 heteroatoms. The summed E-state index contributed by atoms with van der Waals surface area (Å²) in [5, 5.41) is 9.30. The maximum atomic E-state index is 5.89. The lowest BCUT2D eigenvalue weighted by Gasteiger charge is -2.19. The smallest absolute Gasteiger partial charge is 0.195 e. The molecule has 0 unspecified atom stereocenters. The molecule has 0 aliphatic rings. The van der Waals surface area contributed by atoms with Crippen molar-refractivity contribution in [2.24, 2.45) is 0 Å². The molecule has 0 bridgehead atoms. The summed E-state index contributed by atoms with van der Waals surface area (Å²) in [4.78, 5) is 0. The van der Waals surface area contributed by atoms with Crippen LogP contribution in [-0.4, -0.2) is 14.8 Å². The normalized spacial score (nSPS) is 11.5. The van der Waals surface area contributed by atoms with Gasteiger partial charge in [-0.25, -0.2) is 0 Å². The molecule has 1 heterocycles. The average molecular weight is 430 g/mol. The van der Waals surface area contributed by atoms with Gasteiger partial charge in [0.15, 0.2) is 5.16 Å². The summed E-state index contributed by atoms with van der Waals surface area (Å²) in [5.74, 6) is 1.69. The summed E-state index contributed by atoms with van der Waals surface area (Å²) in [7, 11) is 0. The second-order valence-electron chi connectivity index (χ2n) is 8.49. The standard InChI is InChI=1S/C26H27N3OS/c1-26(2,3)22-11-9-21(10-12-22)18-31-25-28-27-19-29(25)23-13-15-24(16-14-23)30-17-20-7-5-4-6-8-20/h4-16,19H,17-18H2,1-3H3. The average Bonchev–Trinajstić information content (AvgIpc) is 3.26. The Labute approximate surface area is 188 Å². The third kappa shape index (κ3) is 5.56. The number of hydrogen-bond donors (Lipinski definition) is 0. The van der Waals surface area contributed by atoms with Gasteiger partial charge < -0.3 is 4.74 Å². The summed E-state index contributed by atoms with van der Waals surface area (Å²) in [6.45, 7) is 7.26. The van der Waals surface area contributed by atoms with E-state index in [0.29, 0.717) is 6.61 Å². The zero-order chi connectivity index (χ0) is 21.7. The van der Waals surface area contributed by atoms with Crippen molar-refractivity contribution < 1.29 is 4.74 Å².